The van der Waals surface area contributed by atoms with Gasteiger partial charge in [-0.15, -0.1) is 12.4 Å². The molecule has 2 saturated carbocycles. The Bertz CT molecular complexity index is 540. The van der Waals surface area contributed by atoms with Crippen molar-refractivity contribution in [2.24, 2.45) is 11.7 Å². The Hall–Kier alpha value is -0.770. The minimum absolute atomic E-state index is 0. The fraction of sp³-hybridized carbons (Fsp3) is 0.611. The molecular weight excluding hydrogens is 331 g/mol. The van der Waals surface area contributed by atoms with Crippen molar-refractivity contribution >= 4 is 29.9 Å². The molecule has 1 aromatic rings. The Morgan fingerprint density at radius 2 is 2.00 bits per heavy atom. The molecule has 0 saturated heterocycles. The molecule has 1 aromatic carbocycles. The van der Waals surface area contributed by atoms with Gasteiger partial charge in [0.25, 0.3) is 0 Å². The molecule has 3 rings (SSSR count). The smallest absolute Gasteiger partial charge is 0.230 e. The van der Waals surface area contributed by atoms with Gasteiger partial charge in [0.1, 0.15) is 0 Å². The van der Waals surface area contributed by atoms with Crippen LogP contribution >= 0.6 is 24.0 Å². The van der Waals surface area contributed by atoms with Crippen LogP contribution in [0, 0.1) is 5.92 Å². The third-order valence-corrected chi connectivity index (χ3v) is 5.52. The second-order valence-corrected chi connectivity index (χ2v) is 7.24. The number of hydrogen-bond donors (Lipinski definition) is 2. The van der Waals surface area contributed by atoms with E-state index in [0.29, 0.717) is 17.5 Å². The summed E-state index contributed by atoms with van der Waals surface area (Å²) in [4.78, 5) is 13.1. The Kier molecular flexibility index (Phi) is 6.35. The van der Waals surface area contributed by atoms with Crippen LogP contribution in [-0.4, -0.2) is 18.5 Å². The van der Waals surface area contributed by atoms with Crippen LogP contribution in [0.3, 0.4) is 0 Å². The van der Waals surface area contributed by atoms with Crippen molar-refractivity contribution in [3.63, 3.8) is 0 Å². The first-order chi connectivity index (χ1) is 10.7. The van der Waals surface area contributed by atoms with Gasteiger partial charge in [0.05, 0.1) is 5.41 Å². The highest BCUT2D eigenvalue weighted by atomic mass is 35.5. The Balaban J connectivity index is 0.00000192. The van der Waals surface area contributed by atoms with E-state index in [1.165, 1.54) is 19.3 Å². The molecule has 23 heavy (non-hydrogen) atoms. The van der Waals surface area contributed by atoms with Crippen LogP contribution in [0.1, 0.15) is 50.5 Å². The number of benzene rings is 1. The monoisotopic (exact) mass is 356 g/mol. The van der Waals surface area contributed by atoms with Gasteiger partial charge >= 0.3 is 0 Å². The van der Waals surface area contributed by atoms with E-state index >= 15 is 0 Å². The van der Waals surface area contributed by atoms with Gasteiger partial charge in [0.15, 0.2) is 0 Å². The van der Waals surface area contributed by atoms with E-state index in [4.69, 9.17) is 17.3 Å². The third-order valence-electron chi connectivity index (χ3n) is 5.28. The number of hydrogen-bond acceptors (Lipinski definition) is 2. The Labute approximate surface area is 149 Å². The van der Waals surface area contributed by atoms with Crippen LogP contribution in [0.15, 0.2) is 24.3 Å². The third kappa shape index (κ3) is 4.01. The number of rotatable bonds is 5. The Morgan fingerprint density at radius 1 is 1.30 bits per heavy atom. The predicted octanol–water partition coefficient (Wildman–Crippen LogP) is 3.82. The van der Waals surface area contributed by atoms with Gasteiger partial charge in [-0.1, -0.05) is 43.0 Å². The van der Waals surface area contributed by atoms with Gasteiger partial charge in [0.2, 0.25) is 5.91 Å². The molecule has 5 heteroatoms. The number of halogens is 2. The zero-order valence-electron chi connectivity index (χ0n) is 13.4. The van der Waals surface area contributed by atoms with Crippen molar-refractivity contribution in [2.45, 2.75) is 56.4 Å². The predicted molar refractivity (Wildman–Crippen MR) is 97.2 cm³/mol. The molecule has 0 spiro atoms. The molecule has 128 valence electrons. The molecule has 1 atom stereocenters. The van der Waals surface area contributed by atoms with Crippen molar-refractivity contribution in [1.29, 1.82) is 0 Å². The van der Waals surface area contributed by atoms with Crippen molar-refractivity contribution < 1.29 is 4.79 Å². The number of carbonyl (C=O) groups is 1. The lowest BCUT2D eigenvalue weighted by Gasteiger charge is -2.37. The summed E-state index contributed by atoms with van der Waals surface area (Å²) in [6.45, 7) is 0.530. The second kappa shape index (κ2) is 7.87. The first-order valence-electron chi connectivity index (χ1n) is 8.43. The van der Waals surface area contributed by atoms with Crippen LogP contribution in [0.25, 0.3) is 0 Å². The molecule has 0 bridgehead atoms. The average molecular weight is 357 g/mol. The van der Waals surface area contributed by atoms with Crippen LogP contribution in [0.5, 0.6) is 0 Å². The molecule has 0 aromatic heterocycles. The molecule has 1 amide bonds. The van der Waals surface area contributed by atoms with Gasteiger partial charge in [-0.05, 0) is 49.3 Å². The van der Waals surface area contributed by atoms with Gasteiger partial charge in [-0.2, -0.15) is 0 Å². The SMILES string of the molecule is Cl.NCC(NC(=O)C1(c2cccc(Cl)c2)CCCCC1)C1CC1. The highest BCUT2D eigenvalue weighted by molar-refractivity contribution is 6.30. The first-order valence-corrected chi connectivity index (χ1v) is 8.80. The van der Waals surface area contributed by atoms with E-state index in [0.717, 1.165) is 31.2 Å². The zero-order chi connectivity index (χ0) is 15.6. The number of carbonyl (C=O) groups excluding carboxylic acids is 1. The summed E-state index contributed by atoms with van der Waals surface area (Å²) >= 11 is 6.17. The van der Waals surface area contributed by atoms with Crippen LogP contribution in [-0.2, 0) is 10.2 Å². The van der Waals surface area contributed by atoms with E-state index in [9.17, 15) is 4.79 Å². The van der Waals surface area contributed by atoms with Gasteiger partial charge in [-0.3, -0.25) is 4.79 Å². The molecule has 1 unspecified atom stereocenters. The van der Waals surface area contributed by atoms with Crippen LogP contribution in [0.4, 0.5) is 0 Å². The molecule has 0 radical (unpaired) electrons. The average Bonchev–Trinajstić information content (AvgIpc) is 3.38. The lowest BCUT2D eigenvalue weighted by Crippen LogP contribution is -2.52. The maximum atomic E-state index is 13.1. The van der Waals surface area contributed by atoms with Gasteiger partial charge in [-0.25, -0.2) is 0 Å². The molecule has 3 nitrogen and oxygen atoms in total. The standard InChI is InChI=1S/C18H25ClN2O.ClH/c19-15-6-4-5-14(11-15)18(9-2-1-3-10-18)17(22)21-16(12-20)13-7-8-13;/h4-6,11,13,16H,1-3,7-10,12,20H2,(H,21,22);1H. The summed E-state index contributed by atoms with van der Waals surface area (Å²) in [7, 11) is 0. The molecule has 2 fully saturated rings. The van der Waals surface area contributed by atoms with E-state index in [2.05, 4.69) is 5.32 Å². The van der Waals surface area contributed by atoms with E-state index < -0.39 is 5.41 Å². The summed E-state index contributed by atoms with van der Waals surface area (Å²) in [6.07, 6.45) is 7.58. The van der Waals surface area contributed by atoms with Gasteiger partial charge < -0.3 is 11.1 Å². The lowest BCUT2D eigenvalue weighted by molar-refractivity contribution is -0.128. The largest absolute Gasteiger partial charge is 0.351 e. The minimum atomic E-state index is -0.425. The van der Waals surface area contributed by atoms with E-state index in [1.54, 1.807) is 0 Å². The first kappa shape index (κ1) is 18.6. The summed E-state index contributed by atoms with van der Waals surface area (Å²) in [5.41, 5.74) is 6.50. The number of nitrogens with one attached hydrogen (secondary N) is 1. The number of nitrogens with two attached hydrogens (primary N) is 1. The highest BCUT2D eigenvalue weighted by Crippen LogP contribution is 2.41. The Morgan fingerprint density at radius 3 is 2.57 bits per heavy atom. The molecule has 0 heterocycles. The van der Waals surface area contributed by atoms with Crippen LogP contribution in [0.2, 0.25) is 5.02 Å². The zero-order valence-corrected chi connectivity index (χ0v) is 15.0. The van der Waals surface area contributed by atoms with E-state index in [-0.39, 0.29) is 24.4 Å². The second-order valence-electron chi connectivity index (χ2n) is 6.81. The fourth-order valence-electron chi connectivity index (χ4n) is 3.76. The lowest BCUT2D eigenvalue weighted by atomic mass is 9.68. The van der Waals surface area contributed by atoms with Crippen molar-refractivity contribution in [3.05, 3.63) is 34.9 Å². The van der Waals surface area contributed by atoms with Crippen molar-refractivity contribution in [2.75, 3.05) is 6.54 Å². The van der Waals surface area contributed by atoms with E-state index in [1.807, 2.05) is 24.3 Å². The summed E-state index contributed by atoms with van der Waals surface area (Å²) in [6, 6.07) is 7.95. The normalized spacial score (nSPS) is 21.1. The summed E-state index contributed by atoms with van der Waals surface area (Å²) < 4.78 is 0. The minimum Gasteiger partial charge on any atom is -0.351 e. The maximum Gasteiger partial charge on any atom is 0.230 e. The molecule has 2 aliphatic rings. The molecular formula is C18H26Cl2N2O. The fourth-order valence-corrected chi connectivity index (χ4v) is 3.95. The molecule has 2 aliphatic carbocycles. The molecule has 3 N–H and O–H groups in total. The molecule has 0 aliphatic heterocycles. The quantitative estimate of drug-likeness (QED) is 0.842. The van der Waals surface area contributed by atoms with Crippen molar-refractivity contribution in [3.8, 4) is 0 Å². The van der Waals surface area contributed by atoms with Gasteiger partial charge in [0, 0.05) is 17.6 Å². The van der Waals surface area contributed by atoms with Crippen LogP contribution < -0.4 is 11.1 Å². The summed E-state index contributed by atoms with van der Waals surface area (Å²) in [5.74, 6) is 0.728. The topological polar surface area (TPSA) is 55.1 Å². The number of amides is 1. The van der Waals surface area contributed by atoms with Crippen molar-refractivity contribution in [1.82, 2.24) is 5.32 Å². The highest BCUT2D eigenvalue weighted by Gasteiger charge is 2.43. The maximum absolute atomic E-state index is 13.1. The summed E-state index contributed by atoms with van der Waals surface area (Å²) in [5, 5.41) is 3.95.